The number of ether oxygens (including phenoxy) is 1. The molecule has 0 radical (unpaired) electrons. The summed E-state index contributed by atoms with van der Waals surface area (Å²) >= 11 is 0. The summed E-state index contributed by atoms with van der Waals surface area (Å²) in [5.74, 6) is 0.542. The fourth-order valence-corrected chi connectivity index (χ4v) is 1.80. The molecule has 0 aromatic heterocycles. The van der Waals surface area contributed by atoms with Crippen LogP contribution in [0.1, 0.15) is 18.1 Å². The lowest BCUT2D eigenvalue weighted by Crippen LogP contribution is -1.88. The first kappa shape index (κ1) is 14.0. The molecular formula is C17H16FNO. The number of halogens is 1. The molecular weight excluding hydrogens is 253 g/mol. The maximum absolute atomic E-state index is 13.2. The van der Waals surface area contributed by atoms with Crippen molar-refractivity contribution in [3.63, 3.8) is 0 Å². The Balaban J connectivity index is 2.26. The molecule has 0 unspecified atom stereocenters. The van der Waals surface area contributed by atoms with Crippen LogP contribution in [0.5, 0.6) is 5.75 Å². The average molecular weight is 269 g/mol. The van der Waals surface area contributed by atoms with Crippen LogP contribution in [0, 0.1) is 5.82 Å². The molecule has 0 N–H and O–H groups in total. The van der Waals surface area contributed by atoms with Crippen LogP contribution in [0.15, 0.2) is 53.5 Å². The third kappa shape index (κ3) is 3.54. The molecule has 0 aliphatic rings. The van der Waals surface area contributed by atoms with E-state index in [4.69, 9.17) is 4.74 Å². The number of hydrogen-bond donors (Lipinski definition) is 0. The zero-order valence-corrected chi connectivity index (χ0v) is 11.5. The van der Waals surface area contributed by atoms with Crippen LogP contribution in [-0.2, 0) is 0 Å². The summed E-state index contributed by atoms with van der Waals surface area (Å²) in [6.45, 7) is 1.90. The molecule has 3 heteroatoms. The molecule has 0 fully saturated rings. The minimum Gasteiger partial charge on any atom is -0.497 e. The minimum atomic E-state index is -0.250. The van der Waals surface area contributed by atoms with Gasteiger partial charge in [-0.05, 0) is 55.0 Å². The first-order valence-electron chi connectivity index (χ1n) is 6.33. The monoisotopic (exact) mass is 269 g/mol. The van der Waals surface area contributed by atoms with Crippen molar-refractivity contribution in [1.29, 1.82) is 0 Å². The fraction of sp³-hybridized carbons (Fsp3) is 0.118. The number of methoxy groups -OCH3 is 1. The van der Waals surface area contributed by atoms with Crippen LogP contribution in [0.2, 0.25) is 0 Å². The molecule has 2 aromatic rings. The molecule has 0 aliphatic carbocycles. The molecule has 0 spiro atoms. The van der Waals surface area contributed by atoms with Crippen LogP contribution >= 0.6 is 0 Å². The summed E-state index contributed by atoms with van der Waals surface area (Å²) in [5.41, 5.74) is 2.51. The molecule has 0 amide bonds. The molecule has 0 saturated heterocycles. The number of hydrogen-bond acceptors (Lipinski definition) is 2. The van der Waals surface area contributed by atoms with Gasteiger partial charge in [0.25, 0.3) is 0 Å². The van der Waals surface area contributed by atoms with E-state index < -0.39 is 0 Å². The maximum atomic E-state index is 13.2. The highest BCUT2D eigenvalue weighted by molar-refractivity contribution is 5.87. The largest absolute Gasteiger partial charge is 0.497 e. The van der Waals surface area contributed by atoms with E-state index >= 15 is 0 Å². The highest BCUT2D eigenvalue weighted by Crippen LogP contribution is 2.18. The zero-order chi connectivity index (χ0) is 14.4. The van der Waals surface area contributed by atoms with Crippen molar-refractivity contribution in [2.45, 2.75) is 6.92 Å². The molecule has 0 aliphatic heterocycles. The Morgan fingerprint density at radius 3 is 2.45 bits per heavy atom. The summed E-state index contributed by atoms with van der Waals surface area (Å²) in [5, 5.41) is 0. The van der Waals surface area contributed by atoms with E-state index in [0.717, 1.165) is 22.6 Å². The van der Waals surface area contributed by atoms with Crippen molar-refractivity contribution in [3.05, 3.63) is 65.5 Å². The zero-order valence-electron chi connectivity index (χ0n) is 11.5. The Kier molecular flexibility index (Phi) is 4.66. The van der Waals surface area contributed by atoms with E-state index in [9.17, 15) is 4.39 Å². The smallest absolute Gasteiger partial charge is 0.123 e. The van der Waals surface area contributed by atoms with Gasteiger partial charge in [-0.1, -0.05) is 12.2 Å². The Labute approximate surface area is 118 Å². The van der Waals surface area contributed by atoms with E-state index in [2.05, 4.69) is 4.99 Å². The lowest BCUT2D eigenvalue weighted by atomic mass is 10.1. The van der Waals surface area contributed by atoms with Gasteiger partial charge in [0, 0.05) is 11.8 Å². The van der Waals surface area contributed by atoms with Gasteiger partial charge in [0.1, 0.15) is 11.6 Å². The Morgan fingerprint density at radius 2 is 1.80 bits per heavy atom. The third-order valence-corrected chi connectivity index (χ3v) is 2.82. The van der Waals surface area contributed by atoms with E-state index in [1.807, 2.05) is 43.3 Å². The van der Waals surface area contributed by atoms with Gasteiger partial charge in [-0.15, -0.1) is 0 Å². The normalized spacial score (nSPS) is 11.3. The van der Waals surface area contributed by atoms with Gasteiger partial charge in [0.05, 0.1) is 12.8 Å². The highest BCUT2D eigenvalue weighted by Gasteiger charge is 1.99. The molecule has 20 heavy (non-hydrogen) atoms. The lowest BCUT2D eigenvalue weighted by Gasteiger charge is -2.02. The van der Waals surface area contributed by atoms with Crippen LogP contribution in [0.25, 0.3) is 6.08 Å². The first-order chi connectivity index (χ1) is 9.72. The topological polar surface area (TPSA) is 21.6 Å². The van der Waals surface area contributed by atoms with Gasteiger partial charge >= 0.3 is 0 Å². The number of nitrogens with zero attached hydrogens (tertiary/aromatic N) is 1. The predicted molar refractivity (Wildman–Crippen MR) is 81.4 cm³/mol. The van der Waals surface area contributed by atoms with Gasteiger partial charge in [-0.2, -0.15) is 0 Å². The van der Waals surface area contributed by atoms with E-state index in [1.165, 1.54) is 12.1 Å². The SMILES string of the molecule is C/C=C\c1cc(F)ccc1C=Nc1ccc(OC)cc1. The summed E-state index contributed by atoms with van der Waals surface area (Å²) < 4.78 is 18.3. The second-order valence-corrected chi connectivity index (χ2v) is 4.23. The second kappa shape index (κ2) is 6.66. The average Bonchev–Trinajstić information content (AvgIpc) is 2.47. The van der Waals surface area contributed by atoms with E-state index in [-0.39, 0.29) is 5.82 Å². The standard InChI is InChI=1S/C17H16FNO/c1-3-4-13-11-15(18)6-5-14(13)12-19-16-7-9-17(20-2)10-8-16/h3-12H,1-2H3/b4-3-,19-12?. The second-order valence-electron chi connectivity index (χ2n) is 4.23. The van der Waals surface area contributed by atoms with Crippen molar-refractivity contribution in [2.24, 2.45) is 4.99 Å². The van der Waals surface area contributed by atoms with Gasteiger partial charge in [0.2, 0.25) is 0 Å². The molecule has 2 rings (SSSR count). The molecule has 0 saturated carbocycles. The summed E-state index contributed by atoms with van der Waals surface area (Å²) in [4.78, 5) is 4.39. The van der Waals surface area contributed by atoms with Crippen LogP contribution < -0.4 is 4.74 Å². The first-order valence-corrected chi connectivity index (χ1v) is 6.33. The Bertz CT molecular complexity index is 630. The molecule has 0 atom stereocenters. The number of aliphatic imine (C=N–C) groups is 1. The van der Waals surface area contributed by atoms with Crippen molar-refractivity contribution < 1.29 is 9.13 Å². The van der Waals surface area contributed by atoms with Crippen molar-refractivity contribution in [1.82, 2.24) is 0 Å². The van der Waals surface area contributed by atoms with Crippen LogP contribution in [0.4, 0.5) is 10.1 Å². The van der Waals surface area contributed by atoms with Gasteiger partial charge in [0.15, 0.2) is 0 Å². The van der Waals surface area contributed by atoms with Crippen molar-refractivity contribution in [3.8, 4) is 5.75 Å². The third-order valence-electron chi connectivity index (χ3n) is 2.82. The van der Waals surface area contributed by atoms with Crippen molar-refractivity contribution in [2.75, 3.05) is 7.11 Å². The number of benzene rings is 2. The Morgan fingerprint density at radius 1 is 1.05 bits per heavy atom. The predicted octanol–water partition coefficient (Wildman–Crippen LogP) is 4.62. The lowest BCUT2D eigenvalue weighted by molar-refractivity contribution is 0.415. The summed E-state index contributed by atoms with van der Waals surface area (Å²) in [6.07, 6.45) is 5.47. The van der Waals surface area contributed by atoms with E-state index in [0.29, 0.717) is 0 Å². The molecule has 0 heterocycles. The molecule has 2 nitrogen and oxygen atoms in total. The quantitative estimate of drug-likeness (QED) is 0.742. The van der Waals surface area contributed by atoms with Crippen molar-refractivity contribution >= 4 is 18.0 Å². The van der Waals surface area contributed by atoms with Gasteiger partial charge in [-0.25, -0.2) is 4.39 Å². The molecule has 0 bridgehead atoms. The van der Waals surface area contributed by atoms with Crippen LogP contribution in [0.3, 0.4) is 0 Å². The number of rotatable bonds is 4. The van der Waals surface area contributed by atoms with Crippen LogP contribution in [-0.4, -0.2) is 13.3 Å². The maximum Gasteiger partial charge on any atom is 0.123 e. The summed E-state index contributed by atoms with van der Waals surface area (Å²) in [7, 11) is 1.63. The summed E-state index contributed by atoms with van der Waals surface area (Å²) in [6, 6.07) is 12.1. The Hall–Kier alpha value is -2.42. The minimum absolute atomic E-state index is 0.250. The molecule has 102 valence electrons. The van der Waals surface area contributed by atoms with Gasteiger partial charge < -0.3 is 4.74 Å². The van der Waals surface area contributed by atoms with E-state index in [1.54, 1.807) is 19.4 Å². The fourth-order valence-electron chi connectivity index (χ4n) is 1.80. The highest BCUT2D eigenvalue weighted by atomic mass is 19.1. The van der Waals surface area contributed by atoms with Gasteiger partial charge in [-0.3, -0.25) is 4.99 Å². The number of allylic oxidation sites excluding steroid dienone is 1. The molecule has 2 aromatic carbocycles.